The molecule has 0 aliphatic heterocycles. The molecule has 6 aliphatic rings. The number of aliphatic carboxylic acids is 1. The molecule has 3 N–H and O–H groups in total. The van der Waals surface area contributed by atoms with Gasteiger partial charge in [-0.1, -0.05) is 65.3 Å². The summed E-state index contributed by atoms with van der Waals surface area (Å²) in [5.41, 5.74) is 3.30. The van der Waals surface area contributed by atoms with Gasteiger partial charge in [0.2, 0.25) is 0 Å². The van der Waals surface area contributed by atoms with Crippen molar-refractivity contribution in [2.45, 2.75) is 162 Å². The van der Waals surface area contributed by atoms with Gasteiger partial charge in [0.05, 0.1) is 11.0 Å². The molecular formula is C43H68FNO3. The number of nitrogens with one attached hydrogen (secondary N) is 1. The first-order valence-electron chi connectivity index (χ1n) is 19.9. The average molecular weight is 666 g/mol. The van der Waals surface area contributed by atoms with Gasteiger partial charge < -0.3 is 15.5 Å². The fourth-order valence-corrected chi connectivity index (χ4v) is 13.1. The van der Waals surface area contributed by atoms with Gasteiger partial charge >= 0.3 is 5.97 Å². The van der Waals surface area contributed by atoms with E-state index in [1.807, 2.05) is 0 Å². The van der Waals surface area contributed by atoms with Crippen molar-refractivity contribution < 1.29 is 19.4 Å². The molecule has 48 heavy (non-hydrogen) atoms. The molecule has 0 aromatic heterocycles. The zero-order chi connectivity index (χ0) is 34.8. The Kier molecular flexibility index (Phi) is 9.80. The minimum atomic E-state index is -1.25. The van der Waals surface area contributed by atoms with Crippen molar-refractivity contribution in [3.8, 4) is 0 Å². The predicted octanol–water partition coefficient (Wildman–Crippen LogP) is 10.4. The third-order valence-corrected chi connectivity index (χ3v) is 16.5. The van der Waals surface area contributed by atoms with Gasteiger partial charge in [0, 0.05) is 5.54 Å². The topological polar surface area (TPSA) is 69.6 Å². The summed E-state index contributed by atoms with van der Waals surface area (Å²) in [6, 6.07) is 0. The molecule has 5 heteroatoms. The normalized spacial score (nSPS) is 43.9. The number of aliphatic hydroxyl groups is 1. The molecule has 0 saturated heterocycles. The maximum atomic E-state index is 13.9. The van der Waals surface area contributed by atoms with Gasteiger partial charge in [-0.3, -0.25) is 4.79 Å². The van der Waals surface area contributed by atoms with Gasteiger partial charge in [0.15, 0.2) is 0 Å². The van der Waals surface area contributed by atoms with Crippen LogP contribution in [0.1, 0.15) is 151 Å². The minimum Gasteiger partial charge on any atom is -0.481 e. The van der Waals surface area contributed by atoms with Crippen molar-refractivity contribution >= 4 is 5.97 Å². The van der Waals surface area contributed by atoms with Crippen molar-refractivity contribution in [3.63, 3.8) is 0 Å². The van der Waals surface area contributed by atoms with E-state index in [0.717, 1.165) is 32.2 Å². The van der Waals surface area contributed by atoms with E-state index < -0.39 is 23.7 Å². The fraction of sp³-hybridized carbons (Fsp3) is 0.837. The van der Waals surface area contributed by atoms with Crippen LogP contribution in [0.3, 0.4) is 0 Å². The van der Waals surface area contributed by atoms with E-state index >= 15 is 0 Å². The molecule has 0 amide bonds. The lowest BCUT2D eigenvalue weighted by Gasteiger charge is -2.70. The van der Waals surface area contributed by atoms with Crippen LogP contribution in [-0.2, 0) is 4.79 Å². The van der Waals surface area contributed by atoms with E-state index in [-0.39, 0.29) is 16.4 Å². The number of allylic oxidation sites excluding steroid dienone is 5. The van der Waals surface area contributed by atoms with Crippen LogP contribution in [0.25, 0.3) is 0 Å². The highest BCUT2D eigenvalue weighted by atomic mass is 19.1. The highest BCUT2D eigenvalue weighted by molar-refractivity contribution is 5.75. The van der Waals surface area contributed by atoms with Crippen LogP contribution >= 0.6 is 0 Å². The average Bonchev–Trinajstić information content (AvgIpc) is 3.41. The molecule has 0 bridgehead atoms. The van der Waals surface area contributed by atoms with Crippen molar-refractivity contribution in [2.75, 3.05) is 13.2 Å². The van der Waals surface area contributed by atoms with E-state index in [9.17, 15) is 19.4 Å². The Morgan fingerprint density at radius 2 is 1.75 bits per heavy atom. The summed E-state index contributed by atoms with van der Waals surface area (Å²) < 4.78 is 13.9. The molecule has 6 aliphatic carbocycles. The number of carbonyl (C=O) groups is 1. The molecule has 5 saturated carbocycles. The number of carboxylic acid groups (broad SMARTS) is 1. The molecule has 0 heterocycles. The molecule has 5 fully saturated rings. The van der Waals surface area contributed by atoms with Gasteiger partial charge in [-0.15, -0.1) is 0 Å². The van der Waals surface area contributed by atoms with Crippen LogP contribution in [0.15, 0.2) is 35.5 Å². The number of rotatable bonds is 11. The maximum Gasteiger partial charge on any atom is 0.312 e. The number of alkyl halides is 1. The molecule has 0 aromatic carbocycles. The summed E-state index contributed by atoms with van der Waals surface area (Å²) in [5, 5.41) is 24.8. The molecule has 6 rings (SSSR count). The van der Waals surface area contributed by atoms with Crippen LogP contribution in [0.4, 0.5) is 4.39 Å². The number of fused-ring (bicyclic) bond motifs is 5. The summed E-state index contributed by atoms with van der Waals surface area (Å²) >= 11 is 0. The summed E-state index contributed by atoms with van der Waals surface area (Å²) in [6.07, 6.45) is 22.5. The zero-order valence-electron chi connectivity index (χ0n) is 31.4. The first-order valence-corrected chi connectivity index (χ1v) is 19.9. The number of hydrogen-bond donors (Lipinski definition) is 3. The lowest BCUT2D eigenvalue weighted by Crippen LogP contribution is -2.66. The highest BCUT2D eigenvalue weighted by Crippen LogP contribution is 2.73. The van der Waals surface area contributed by atoms with Gasteiger partial charge in [-0.25, -0.2) is 4.39 Å². The summed E-state index contributed by atoms with van der Waals surface area (Å²) in [4.78, 5) is 11.9. The van der Waals surface area contributed by atoms with Crippen LogP contribution in [0.2, 0.25) is 0 Å². The van der Waals surface area contributed by atoms with Gasteiger partial charge in [0.25, 0.3) is 0 Å². The van der Waals surface area contributed by atoms with E-state index in [1.54, 1.807) is 0 Å². The lowest BCUT2D eigenvalue weighted by atomic mass is 9.36. The molecule has 0 radical (unpaired) electrons. The second-order valence-electron chi connectivity index (χ2n) is 19.2. The highest BCUT2D eigenvalue weighted by Gasteiger charge is 2.68. The largest absolute Gasteiger partial charge is 0.481 e. The Hall–Kier alpha value is -1.46. The second-order valence-corrected chi connectivity index (χ2v) is 19.2. The summed E-state index contributed by atoms with van der Waals surface area (Å²) in [6.45, 7) is 19.5. The van der Waals surface area contributed by atoms with Gasteiger partial charge in [0.1, 0.15) is 6.67 Å². The Bertz CT molecular complexity index is 1310. The smallest absolute Gasteiger partial charge is 0.312 e. The summed E-state index contributed by atoms with van der Waals surface area (Å²) in [5.74, 6) is 1.94. The predicted molar refractivity (Wildman–Crippen MR) is 194 cm³/mol. The molecule has 270 valence electrons. The summed E-state index contributed by atoms with van der Waals surface area (Å²) in [7, 11) is 0. The van der Waals surface area contributed by atoms with E-state index in [0.29, 0.717) is 54.3 Å². The number of halogens is 1. The zero-order valence-corrected chi connectivity index (χ0v) is 31.4. The number of carboxylic acids is 1. The molecule has 0 spiro atoms. The Morgan fingerprint density at radius 3 is 2.33 bits per heavy atom. The van der Waals surface area contributed by atoms with Crippen LogP contribution in [0, 0.1) is 51.2 Å². The van der Waals surface area contributed by atoms with Crippen molar-refractivity contribution in [1.82, 2.24) is 5.32 Å². The van der Waals surface area contributed by atoms with Gasteiger partial charge in [-0.2, -0.15) is 0 Å². The van der Waals surface area contributed by atoms with Crippen molar-refractivity contribution in [3.05, 3.63) is 35.5 Å². The first-order chi connectivity index (χ1) is 22.6. The minimum absolute atomic E-state index is 0.179. The van der Waals surface area contributed by atoms with Crippen LogP contribution in [-0.4, -0.2) is 40.5 Å². The van der Waals surface area contributed by atoms with Crippen LogP contribution < -0.4 is 5.32 Å². The standard InChI is InChI=1S/C43H68FNO3/c1-29(2)32(31-12-21-41(28-44,22-13-31)37(46)47)14-20-38(5)16-8-17-40(7)35(38)11-10-34-36-33(30(3)4)15-23-43(36,25-24-39(34,40)6)45-27-26-42(48)18-9-19-42/h12,14,29,33-36,45,48H,3,8-11,13,15-28H2,1-2,4-7H3,(H,46,47). The monoisotopic (exact) mass is 666 g/mol. The molecular weight excluding hydrogens is 597 g/mol. The maximum absolute atomic E-state index is 13.9. The molecule has 9 unspecified atom stereocenters. The Morgan fingerprint density at radius 1 is 1.02 bits per heavy atom. The lowest BCUT2D eigenvalue weighted by molar-refractivity contribution is -0.197. The molecule has 4 nitrogen and oxygen atoms in total. The molecule has 0 aromatic rings. The van der Waals surface area contributed by atoms with E-state index in [2.05, 4.69) is 65.6 Å². The van der Waals surface area contributed by atoms with Crippen molar-refractivity contribution in [2.24, 2.45) is 51.2 Å². The third-order valence-electron chi connectivity index (χ3n) is 16.5. The van der Waals surface area contributed by atoms with Gasteiger partial charge in [-0.05, 0) is 173 Å². The first kappa shape index (κ1) is 36.3. The van der Waals surface area contributed by atoms with E-state index in [4.69, 9.17) is 0 Å². The van der Waals surface area contributed by atoms with Crippen LogP contribution in [0.5, 0.6) is 0 Å². The van der Waals surface area contributed by atoms with E-state index in [1.165, 1.54) is 80.9 Å². The Labute approximate surface area is 291 Å². The Balaban J connectivity index is 1.24. The van der Waals surface area contributed by atoms with Crippen molar-refractivity contribution in [1.29, 1.82) is 0 Å². The fourth-order valence-electron chi connectivity index (χ4n) is 13.1. The molecule has 9 atom stereocenters. The quantitative estimate of drug-likeness (QED) is 0.192. The SMILES string of the molecule is C=C(C)C1CCC2(NCCC3(O)CCC3)CCC3(C)C(CCC4C(C)(CC=C(C5=CCC(CF)(C(=O)O)CC5)C(C)C)CCCC43C)C12. The number of hydrogen-bond acceptors (Lipinski definition) is 3. The third kappa shape index (κ3) is 5.81. The second kappa shape index (κ2) is 12.9.